The molecule has 0 spiro atoms. The van der Waals surface area contributed by atoms with E-state index in [0.717, 1.165) is 32.3 Å². The zero-order valence-electron chi connectivity index (χ0n) is 10.6. The molecule has 5 nitrogen and oxygen atoms in total. The van der Waals surface area contributed by atoms with Gasteiger partial charge in [-0.05, 0) is 25.7 Å². The van der Waals surface area contributed by atoms with Crippen molar-refractivity contribution in [2.75, 3.05) is 13.2 Å². The van der Waals surface area contributed by atoms with Crippen molar-refractivity contribution >= 4 is 11.9 Å². The van der Waals surface area contributed by atoms with Gasteiger partial charge in [0, 0.05) is 13.0 Å². The largest absolute Gasteiger partial charge is 0.481 e. The number of nitrogens with one attached hydrogen (secondary N) is 1. The number of aliphatic carboxylic acids is 1. The van der Waals surface area contributed by atoms with Crippen molar-refractivity contribution in [2.24, 2.45) is 5.41 Å². The summed E-state index contributed by atoms with van der Waals surface area (Å²) in [6, 6.07) is 0.0542. The molecule has 1 saturated carbocycles. The molecule has 5 heteroatoms. The Bertz CT molecular complexity index is 317. The standard InChI is InChI=1S/C13H21NO4/c15-11(14-10-4-3-7-18-9-10)8-13(12(16)17)5-1-2-6-13/h10H,1-9H2,(H,14,15)(H,16,17). The third-order valence-corrected chi connectivity index (χ3v) is 4.04. The molecule has 1 aliphatic heterocycles. The summed E-state index contributed by atoms with van der Waals surface area (Å²) in [6.45, 7) is 1.30. The number of carbonyl (C=O) groups excluding carboxylic acids is 1. The van der Waals surface area contributed by atoms with E-state index in [4.69, 9.17) is 4.74 Å². The zero-order chi connectivity index (χ0) is 13.0. The monoisotopic (exact) mass is 255 g/mol. The van der Waals surface area contributed by atoms with Crippen LogP contribution in [0, 0.1) is 5.41 Å². The van der Waals surface area contributed by atoms with Gasteiger partial charge in [0.2, 0.25) is 5.91 Å². The summed E-state index contributed by atoms with van der Waals surface area (Å²) in [6.07, 6.45) is 5.05. The van der Waals surface area contributed by atoms with E-state index in [0.29, 0.717) is 19.4 Å². The molecule has 0 aromatic carbocycles. The third-order valence-electron chi connectivity index (χ3n) is 4.04. The summed E-state index contributed by atoms with van der Waals surface area (Å²) < 4.78 is 5.29. The smallest absolute Gasteiger partial charge is 0.310 e. The Morgan fingerprint density at radius 1 is 1.28 bits per heavy atom. The van der Waals surface area contributed by atoms with Gasteiger partial charge in [-0.15, -0.1) is 0 Å². The fourth-order valence-corrected chi connectivity index (χ4v) is 2.96. The molecule has 1 atom stereocenters. The highest BCUT2D eigenvalue weighted by Gasteiger charge is 2.43. The maximum atomic E-state index is 11.9. The van der Waals surface area contributed by atoms with Crippen LogP contribution in [0.4, 0.5) is 0 Å². The van der Waals surface area contributed by atoms with Crippen LogP contribution < -0.4 is 5.32 Å². The van der Waals surface area contributed by atoms with Crippen LogP contribution in [0.5, 0.6) is 0 Å². The molecule has 1 aliphatic carbocycles. The SMILES string of the molecule is O=C(CC1(C(=O)O)CCCC1)NC1CCCOC1. The fraction of sp³-hybridized carbons (Fsp3) is 0.846. The minimum atomic E-state index is -0.824. The molecule has 1 saturated heterocycles. The van der Waals surface area contributed by atoms with E-state index in [-0.39, 0.29) is 18.4 Å². The average Bonchev–Trinajstić information content (AvgIpc) is 2.80. The van der Waals surface area contributed by atoms with Gasteiger partial charge in [-0.2, -0.15) is 0 Å². The maximum absolute atomic E-state index is 11.9. The number of carbonyl (C=O) groups is 2. The minimum Gasteiger partial charge on any atom is -0.481 e. The van der Waals surface area contributed by atoms with Crippen molar-refractivity contribution < 1.29 is 19.4 Å². The lowest BCUT2D eigenvalue weighted by Crippen LogP contribution is -2.43. The normalized spacial score (nSPS) is 26.8. The quantitative estimate of drug-likeness (QED) is 0.794. The number of ether oxygens (including phenoxy) is 1. The second-order valence-corrected chi connectivity index (χ2v) is 5.45. The predicted octanol–water partition coefficient (Wildman–Crippen LogP) is 1.32. The summed E-state index contributed by atoms with van der Waals surface area (Å²) in [5.74, 6) is -0.968. The van der Waals surface area contributed by atoms with Crippen LogP contribution in [-0.4, -0.2) is 36.2 Å². The Labute approximate surface area is 107 Å². The van der Waals surface area contributed by atoms with Crippen LogP contribution >= 0.6 is 0 Å². The van der Waals surface area contributed by atoms with Crippen molar-refractivity contribution in [2.45, 2.75) is 51.0 Å². The van der Waals surface area contributed by atoms with E-state index < -0.39 is 11.4 Å². The number of carboxylic acid groups (broad SMARTS) is 1. The molecular weight excluding hydrogens is 234 g/mol. The molecule has 1 heterocycles. The van der Waals surface area contributed by atoms with Gasteiger partial charge in [-0.3, -0.25) is 9.59 Å². The van der Waals surface area contributed by atoms with E-state index in [1.165, 1.54) is 0 Å². The molecule has 0 aromatic rings. The first-order valence-corrected chi connectivity index (χ1v) is 6.73. The Kier molecular flexibility index (Phi) is 4.22. The van der Waals surface area contributed by atoms with E-state index >= 15 is 0 Å². The van der Waals surface area contributed by atoms with Gasteiger partial charge in [-0.25, -0.2) is 0 Å². The molecule has 1 amide bonds. The number of carboxylic acids is 1. The zero-order valence-corrected chi connectivity index (χ0v) is 10.6. The third kappa shape index (κ3) is 3.02. The molecule has 2 aliphatic rings. The molecule has 102 valence electrons. The molecule has 2 rings (SSSR count). The Hall–Kier alpha value is -1.10. The highest BCUT2D eigenvalue weighted by atomic mass is 16.5. The lowest BCUT2D eigenvalue weighted by atomic mass is 9.82. The van der Waals surface area contributed by atoms with Crippen LogP contribution in [0.3, 0.4) is 0 Å². The first-order valence-electron chi connectivity index (χ1n) is 6.73. The van der Waals surface area contributed by atoms with Gasteiger partial charge < -0.3 is 15.2 Å². The molecule has 0 bridgehead atoms. The van der Waals surface area contributed by atoms with Crippen molar-refractivity contribution in [3.05, 3.63) is 0 Å². The summed E-state index contributed by atoms with van der Waals surface area (Å²) in [4.78, 5) is 23.3. The van der Waals surface area contributed by atoms with Crippen LogP contribution in [-0.2, 0) is 14.3 Å². The summed E-state index contributed by atoms with van der Waals surface area (Å²) in [5.41, 5.74) is -0.820. The minimum absolute atomic E-state index is 0.0542. The van der Waals surface area contributed by atoms with Gasteiger partial charge >= 0.3 is 5.97 Å². The van der Waals surface area contributed by atoms with Crippen molar-refractivity contribution in [3.63, 3.8) is 0 Å². The second kappa shape index (κ2) is 5.69. The molecule has 0 radical (unpaired) electrons. The molecule has 18 heavy (non-hydrogen) atoms. The number of hydrogen-bond donors (Lipinski definition) is 2. The lowest BCUT2D eigenvalue weighted by molar-refractivity contribution is -0.151. The Balaban J connectivity index is 1.87. The van der Waals surface area contributed by atoms with Crippen molar-refractivity contribution in [1.82, 2.24) is 5.32 Å². The Morgan fingerprint density at radius 2 is 2.00 bits per heavy atom. The van der Waals surface area contributed by atoms with Crippen LogP contribution in [0.1, 0.15) is 44.9 Å². The molecule has 1 unspecified atom stereocenters. The van der Waals surface area contributed by atoms with E-state index in [9.17, 15) is 14.7 Å². The maximum Gasteiger partial charge on any atom is 0.310 e. The van der Waals surface area contributed by atoms with E-state index in [2.05, 4.69) is 5.32 Å². The van der Waals surface area contributed by atoms with Crippen LogP contribution in [0.15, 0.2) is 0 Å². The number of hydrogen-bond acceptors (Lipinski definition) is 3. The molecule has 2 fully saturated rings. The molecule has 2 N–H and O–H groups in total. The predicted molar refractivity (Wildman–Crippen MR) is 65.1 cm³/mol. The highest BCUT2D eigenvalue weighted by Crippen LogP contribution is 2.41. The van der Waals surface area contributed by atoms with E-state index in [1.807, 2.05) is 0 Å². The van der Waals surface area contributed by atoms with Gasteiger partial charge in [0.05, 0.1) is 18.1 Å². The summed E-state index contributed by atoms with van der Waals surface area (Å²) >= 11 is 0. The van der Waals surface area contributed by atoms with Gasteiger partial charge in [-0.1, -0.05) is 12.8 Å². The highest BCUT2D eigenvalue weighted by molar-refractivity contribution is 5.85. The topological polar surface area (TPSA) is 75.6 Å². The first kappa shape index (κ1) is 13.3. The van der Waals surface area contributed by atoms with Crippen molar-refractivity contribution in [3.8, 4) is 0 Å². The summed E-state index contributed by atoms with van der Waals surface area (Å²) in [7, 11) is 0. The van der Waals surface area contributed by atoms with E-state index in [1.54, 1.807) is 0 Å². The van der Waals surface area contributed by atoms with Crippen LogP contribution in [0.25, 0.3) is 0 Å². The number of rotatable bonds is 4. The fourth-order valence-electron chi connectivity index (χ4n) is 2.96. The molecule has 0 aromatic heterocycles. The van der Waals surface area contributed by atoms with Crippen LogP contribution in [0.2, 0.25) is 0 Å². The lowest BCUT2D eigenvalue weighted by Gasteiger charge is -2.27. The first-order chi connectivity index (χ1) is 8.62. The second-order valence-electron chi connectivity index (χ2n) is 5.45. The Morgan fingerprint density at radius 3 is 2.56 bits per heavy atom. The molecular formula is C13H21NO4. The van der Waals surface area contributed by atoms with Gasteiger partial charge in [0.1, 0.15) is 0 Å². The average molecular weight is 255 g/mol. The van der Waals surface area contributed by atoms with Crippen molar-refractivity contribution in [1.29, 1.82) is 0 Å². The number of amides is 1. The summed E-state index contributed by atoms with van der Waals surface area (Å²) in [5, 5.41) is 12.2. The van der Waals surface area contributed by atoms with Gasteiger partial charge in [0.25, 0.3) is 0 Å². The van der Waals surface area contributed by atoms with Gasteiger partial charge in [0.15, 0.2) is 0 Å².